The molecule has 0 aliphatic carbocycles. The minimum Gasteiger partial charge on any atom is -0.465 e. The first-order chi connectivity index (χ1) is 7.13. The van der Waals surface area contributed by atoms with Gasteiger partial charge in [-0.1, -0.05) is 0 Å². The van der Waals surface area contributed by atoms with E-state index in [1.807, 2.05) is 6.07 Å². The molecule has 0 aliphatic heterocycles. The van der Waals surface area contributed by atoms with Gasteiger partial charge in [0.2, 0.25) is 0 Å². The van der Waals surface area contributed by atoms with Crippen molar-refractivity contribution >= 4 is 24.9 Å². The molecule has 0 atom stereocenters. The van der Waals surface area contributed by atoms with Crippen molar-refractivity contribution in [2.45, 2.75) is 4.90 Å². The number of thiol groups is 1. The lowest BCUT2D eigenvalue weighted by Crippen LogP contribution is -2.06. The fourth-order valence-electron chi connectivity index (χ4n) is 1.11. The maximum Gasteiger partial charge on any atom is 0.338 e. The number of ether oxygens (including phenoxy) is 1. The van der Waals surface area contributed by atoms with E-state index >= 15 is 0 Å². The molecule has 15 heavy (non-hydrogen) atoms. The number of esters is 1. The number of hydrogen-bond donors (Lipinski definition) is 1. The average Bonchev–Trinajstić information content (AvgIpc) is 2.26. The van der Waals surface area contributed by atoms with Crippen LogP contribution < -0.4 is 0 Å². The molecule has 0 aliphatic rings. The summed E-state index contributed by atoms with van der Waals surface area (Å²) < 4.78 is 4.49. The molecule has 76 valence electrons. The van der Waals surface area contributed by atoms with Crippen molar-refractivity contribution in [2.75, 3.05) is 7.11 Å². The van der Waals surface area contributed by atoms with E-state index in [4.69, 9.17) is 5.26 Å². The minimum absolute atomic E-state index is 0.0524. The standard InChI is InChI=1S/C10H7NO3S/c1-14-10(13)7-2-6(4-11)3-9(15)8(7)5-12/h2-3,5,15H,1H3. The van der Waals surface area contributed by atoms with Gasteiger partial charge in [-0.05, 0) is 12.1 Å². The molecule has 0 saturated carbocycles. The summed E-state index contributed by atoms with van der Waals surface area (Å²) in [6, 6.07) is 4.58. The van der Waals surface area contributed by atoms with Crippen LogP contribution in [-0.4, -0.2) is 19.4 Å². The predicted molar refractivity (Wildman–Crippen MR) is 55.1 cm³/mol. The topological polar surface area (TPSA) is 67.2 Å². The molecule has 1 aromatic rings. The molecular formula is C10H7NO3S. The number of aldehydes is 1. The van der Waals surface area contributed by atoms with Crippen molar-refractivity contribution in [1.82, 2.24) is 0 Å². The fourth-order valence-corrected chi connectivity index (χ4v) is 1.42. The highest BCUT2D eigenvalue weighted by Crippen LogP contribution is 2.20. The minimum atomic E-state index is -0.662. The second kappa shape index (κ2) is 4.62. The summed E-state index contributed by atoms with van der Waals surface area (Å²) in [4.78, 5) is 22.3. The second-order valence-electron chi connectivity index (χ2n) is 2.68. The summed E-state index contributed by atoms with van der Waals surface area (Å²) in [5.74, 6) is -0.662. The molecule has 0 aromatic heterocycles. The van der Waals surface area contributed by atoms with E-state index in [2.05, 4.69) is 17.4 Å². The van der Waals surface area contributed by atoms with Crippen LogP contribution in [-0.2, 0) is 4.74 Å². The summed E-state index contributed by atoms with van der Waals surface area (Å²) in [6.07, 6.45) is 0.510. The largest absolute Gasteiger partial charge is 0.465 e. The quantitative estimate of drug-likeness (QED) is 0.466. The van der Waals surface area contributed by atoms with Crippen LogP contribution in [0.2, 0.25) is 0 Å². The Morgan fingerprint density at radius 1 is 1.60 bits per heavy atom. The zero-order chi connectivity index (χ0) is 11.4. The molecule has 0 bridgehead atoms. The molecule has 5 heteroatoms. The Hall–Kier alpha value is -1.80. The number of methoxy groups -OCH3 is 1. The summed E-state index contributed by atoms with van der Waals surface area (Å²) >= 11 is 4.01. The third-order valence-electron chi connectivity index (χ3n) is 1.81. The smallest absolute Gasteiger partial charge is 0.338 e. The lowest BCUT2D eigenvalue weighted by Gasteiger charge is -2.05. The maximum absolute atomic E-state index is 11.3. The number of rotatable bonds is 2. The van der Waals surface area contributed by atoms with Gasteiger partial charge in [-0.3, -0.25) is 4.79 Å². The summed E-state index contributed by atoms with van der Waals surface area (Å²) in [5.41, 5.74) is 0.437. The zero-order valence-corrected chi connectivity index (χ0v) is 8.75. The number of nitrogens with zero attached hydrogens (tertiary/aromatic N) is 1. The number of benzene rings is 1. The van der Waals surface area contributed by atoms with E-state index in [1.165, 1.54) is 19.2 Å². The molecule has 4 nitrogen and oxygen atoms in total. The van der Waals surface area contributed by atoms with Crippen molar-refractivity contribution in [2.24, 2.45) is 0 Å². The molecule has 1 rings (SSSR count). The molecule has 0 fully saturated rings. The van der Waals surface area contributed by atoms with Crippen molar-refractivity contribution in [1.29, 1.82) is 5.26 Å². The average molecular weight is 221 g/mol. The van der Waals surface area contributed by atoms with Crippen molar-refractivity contribution in [3.05, 3.63) is 28.8 Å². The highest BCUT2D eigenvalue weighted by molar-refractivity contribution is 7.80. The van der Waals surface area contributed by atoms with E-state index in [0.717, 1.165) is 0 Å². The highest BCUT2D eigenvalue weighted by Gasteiger charge is 2.15. The first-order valence-corrected chi connectivity index (χ1v) is 4.39. The molecular weight excluding hydrogens is 214 g/mol. The number of carbonyl (C=O) groups is 2. The SMILES string of the molecule is COC(=O)c1cc(C#N)cc(S)c1C=O. The fraction of sp³-hybridized carbons (Fsp3) is 0.100. The molecule has 0 radical (unpaired) electrons. The van der Waals surface area contributed by atoms with E-state index < -0.39 is 5.97 Å². The second-order valence-corrected chi connectivity index (χ2v) is 3.16. The van der Waals surface area contributed by atoms with Crippen LogP contribution >= 0.6 is 12.6 Å². The zero-order valence-electron chi connectivity index (χ0n) is 7.85. The Bertz CT molecular complexity index is 462. The molecule has 1 aromatic carbocycles. The van der Waals surface area contributed by atoms with E-state index in [-0.39, 0.29) is 21.6 Å². The van der Waals surface area contributed by atoms with Crippen LogP contribution in [0.5, 0.6) is 0 Å². The monoisotopic (exact) mass is 221 g/mol. The maximum atomic E-state index is 11.3. The Balaban J connectivity index is 3.46. The van der Waals surface area contributed by atoms with Gasteiger partial charge in [-0.15, -0.1) is 12.6 Å². The molecule has 0 unspecified atom stereocenters. The molecule has 0 spiro atoms. The Morgan fingerprint density at radius 2 is 2.27 bits per heavy atom. The first kappa shape index (κ1) is 11.3. The Labute approximate surface area is 91.9 Å². The molecule has 0 amide bonds. The van der Waals surface area contributed by atoms with Crippen molar-refractivity contribution in [3.8, 4) is 6.07 Å². The van der Waals surface area contributed by atoms with Crippen LogP contribution in [0.15, 0.2) is 17.0 Å². The van der Waals surface area contributed by atoms with Gasteiger partial charge in [0.15, 0.2) is 6.29 Å². The van der Waals surface area contributed by atoms with Gasteiger partial charge >= 0.3 is 5.97 Å². The number of hydrogen-bond acceptors (Lipinski definition) is 5. The lowest BCUT2D eigenvalue weighted by atomic mass is 10.1. The van der Waals surface area contributed by atoms with Gasteiger partial charge in [0.1, 0.15) is 0 Å². The Morgan fingerprint density at radius 3 is 2.73 bits per heavy atom. The van der Waals surface area contributed by atoms with Crippen molar-refractivity contribution in [3.63, 3.8) is 0 Å². The summed E-state index contributed by atoms with van der Waals surface area (Å²) in [7, 11) is 1.20. The third kappa shape index (κ3) is 2.17. The van der Waals surface area contributed by atoms with Crippen LogP contribution in [0, 0.1) is 11.3 Å². The number of carbonyl (C=O) groups excluding carboxylic acids is 2. The van der Waals surface area contributed by atoms with Gasteiger partial charge in [0.05, 0.1) is 24.3 Å². The Kier molecular flexibility index (Phi) is 3.47. The van der Waals surface area contributed by atoms with E-state index in [9.17, 15) is 9.59 Å². The first-order valence-electron chi connectivity index (χ1n) is 3.94. The normalized spacial score (nSPS) is 9.13. The third-order valence-corrected chi connectivity index (χ3v) is 2.18. The van der Waals surface area contributed by atoms with Crippen molar-refractivity contribution < 1.29 is 14.3 Å². The summed E-state index contributed by atoms with van der Waals surface area (Å²) in [6.45, 7) is 0. The van der Waals surface area contributed by atoms with Crippen LogP contribution in [0.25, 0.3) is 0 Å². The van der Waals surface area contributed by atoms with Gasteiger partial charge in [-0.2, -0.15) is 5.26 Å². The van der Waals surface area contributed by atoms with Gasteiger partial charge < -0.3 is 4.74 Å². The summed E-state index contributed by atoms with van der Waals surface area (Å²) in [5, 5.41) is 8.68. The lowest BCUT2D eigenvalue weighted by molar-refractivity contribution is 0.0598. The molecule has 0 N–H and O–H groups in total. The van der Waals surface area contributed by atoms with Gasteiger partial charge in [-0.25, -0.2) is 4.79 Å². The highest BCUT2D eigenvalue weighted by atomic mass is 32.1. The van der Waals surface area contributed by atoms with Crippen LogP contribution in [0.4, 0.5) is 0 Å². The van der Waals surface area contributed by atoms with Crippen LogP contribution in [0.1, 0.15) is 26.3 Å². The van der Waals surface area contributed by atoms with Gasteiger partial charge in [0, 0.05) is 10.5 Å². The van der Waals surface area contributed by atoms with E-state index in [0.29, 0.717) is 6.29 Å². The number of nitriles is 1. The molecule has 0 saturated heterocycles. The predicted octanol–water partition coefficient (Wildman–Crippen LogP) is 1.45. The van der Waals surface area contributed by atoms with E-state index in [1.54, 1.807) is 0 Å². The van der Waals surface area contributed by atoms with Crippen LogP contribution in [0.3, 0.4) is 0 Å². The van der Waals surface area contributed by atoms with Gasteiger partial charge in [0.25, 0.3) is 0 Å². The molecule has 0 heterocycles.